The topological polar surface area (TPSA) is 88.9 Å². The summed E-state index contributed by atoms with van der Waals surface area (Å²) in [7, 11) is 0. The van der Waals surface area contributed by atoms with E-state index < -0.39 is 0 Å². The highest BCUT2D eigenvalue weighted by molar-refractivity contribution is 7.14. The van der Waals surface area contributed by atoms with Crippen molar-refractivity contribution in [2.45, 2.75) is 26.3 Å². The SMILES string of the molecule is Cc1nccn1-c1ccc(CNC(=O)Cc2csc(NC(=O)Cc3cccs3)n2)cc1F. The van der Waals surface area contributed by atoms with Crippen molar-refractivity contribution in [2.75, 3.05) is 5.32 Å². The van der Waals surface area contributed by atoms with Crippen LogP contribution in [0.1, 0.15) is 22.0 Å². The Bertz CT molecular complexity index is 1230. The molecule has 0 spiro atoms. The molecule has 4 aromatic rings. The Morgan fingerprint density at radius 3 is 2.75 bits per heavy atom. The van der Waals surface area contributed by atoms with Gasteiger partial charge in [-0.15, -0.1) is 22.7 Å². The molecule has 0 fully saturated rings. The number of carbonyl (C=O) groups is 2. The standard InChI is InChI=1S/C22H20FN5O2S2/c1-14-24-6-7-28(14)19-5-4-15(9-18(19)23)12-25-20(29)10-16-13-32-22(26-16)27-21(30)11-17-3-2-8-31-17/h2-9,13H,10-12H2,1H3,(H,25,29)(H,26,27,30). The summed E-state index contributed by atoms with van der Waals surface area (Å²) in [6, 6.07) is 8.63. The second-order valence-electron chi connectivity index (χ2n) is 7.03. The molecule has 2 amide bonds. The van der Waals surface area contributed by atoms with Gasteiger partial charge in [-0.1, -0.05) is 12.1 Å². The molecule has 0 aliphatic carbocycles. The molecule has 3 heterocycles. The highest BCUT2D eigenvalue weighted by atomic mass is 32.1. The highest BCUT2D eigenvalue weighted by Crippen LogP contribution is 2.18. The van der Waals surface area contributed by atoms with Crippen LogP contribution in [0.4, 0.5) is 9.52 Å². The highest BCUT2D eigenvalue weighted by Gasteiger charge is 2.12. The number of halogens is 1. The van der Waals surface area contributed by atoms with Gasteiger partial charge in [-0.3, -0.25) is 9.59 Å². The van der Waals surface area contributed by atoms with Crippen molar-refractivity contribution in [3.8, 4) is 5.69 Å². The number of thiophene rings is 1. The van der Waals surface area contributed by atoms with E-state index in [-0.39, 0.29) is 30.6 Å². The normalized spacial score (nSPS) is 10.8. The fourth-order valence-electron chi connectivity index (χ4n) is 3.10. The fourth-order valence-corrected chi connectivity index (χ4v) is 4.53. The molecule has 0 aliphatic rings. The number of benzene rings is 1. The lowest BCUT2D eigenvalue weighted by molar-refractivity contribution is -0.120. The Balaban J connectivity index is 1.28. The fraction of sp³-hybridized carbons (Fsp3) is 0.182. The summed E-state index contributed by atoms with van der Waals surface area (Å²) >= 11 is 2.80. The van der Waals surface area contributed by atoms with Crippen molar-refractivity contribution < 1.29 is 14.0 Å². The lowest BCUT2D eigenvalue weighted by Crippen LogP contribution is -2.24. The molecule has 0 unspecified atom stereocenters. The number of imidazole rings is 1. The first kappa shape index (κ1) is 21.8. The van der Waals surface area contributed by atoms with E-state index in [4.69, 9.17) is 0 Å². The number of aryl methyl sites for hydroxylation is 1. The van der Waals surface area contributed by atoms with Crippen molar-refractivity contribution in [2.24, 2.45) is 0 Å². The van der Waals surface area contributed by atoms with Gasteiger partial charge >= 0.3 is 0 Å². The average molecular weight is 470 g/mol. The van der Waals surface area contributed by atoms with E-state index in [1.807, 2.05) is 17.5 Å². The third-order valence-corrected chi connectivity index (χ3v) is 6.32. The van der Waals surface area contributed by atoms with Crippen molar-refractivity contribution in [3.05, 3.63) is 81.3 Å². The Morgan fingerprint density at radius 1 is 1.16 bits per heavy atom. The zero-order valence-corrected chi connectivity index (χ0v) is 18.8. The first-order valence-corrected chi connectivity index (χ1v) is 11.6. The van der Waals surface area contributed by atoms with Gasteiger partial charge in [0.15, 0.2) is 5.13 Å². The molecule has 3 aromatic heterocycles. The average Bonchev–Trinajstić information content (AvgIpc) is 3.50. The zero-order valence-electron chi connectivity index (χ0n) is 17.2. The predicted molar refractivity (Wildman–Crippen MR) is 123 cm³/mol. The molecule has 1 aromatic carbocycles. The second-order valence-corrected chi connectivity index (χ2v) is 8.92. The van der Waals surface area contributed by atoms with Crippen LogP contribution < -0.4 is 10.6 Å². The van der Waals surface area contributed by atoms with Crippen LogP contribution in [0.2, 0.25) is 0 Å². The van der Waals surface area contributed by atoms with E-state index in [0.29, 0.717) is 34.3 Å². The number of anilines is 1. The summed E-state index contributed by atoms with van der Waals surface area (Å²) in [5.41, 5.74) is 1.62. The van der Waals surface area contributed by atoms with E-state index in [0.717, 1.165) is 4.88 Å². The number of carbonyl (C=O) groups excluding carboxylic acids is 2. The minimum Gasteiger partial charge on any atom is -0.352 e. The lowest BCUT2D eigenvalue weighted by atomic mass is 10.2. The number of hydrogen-bond donors (Lipinski definition) is 2. The molecular weight excluding hydrogens is 449 g/mol. The number of rotatable bonds is 8. The molecule has 2 N–H and O–H groups in total. The summed E-state index contributed by atoms with van der Waals surface area (Å²) in [6.07, 6.45) is 3.68. The van der Waals surface area contributed by atoms with Crippen molar-refractivity contribution in [1.29, 1.82) is 0 Å². The largest absolute Gasteiger partial charge is 0.352 e. The van der Waals surface area contributed by atoms with Gasteiger partial charge in [0.2, 0.25) is 11.8 Å². The maximum atomic E-state index is 14.5. The summed E-state index contributed by atoms with van der Waals surface area (Å²) in [5, 5.41) is 9.65. The van der Waals surface area contributed by atoms with E-state index in [2.05, 4.69) is 20.6 Å². The smallest absolute Gasteiger partial charge is 0.231 e. The maximum absolute atomic E-state index is 14.5. The molecule has 10 heteroatoms. The first-order chi connectivity index (χ1) is 15.5. The van der Waals surface area contributed by atoms with Gasteiger partial charge in [-0.2, -0.15) is 0 Å². The van der Waals surface area contributed by atoms with E-state index in [1.54, 1.807) is 41.4 Å². The van der Waals surface area contributed by atoms with Crippen LogP contribution in [0.3, 0.4) is 0 Å². The quantitative estimate of drug-likeness (QED) is 0.410. The number of nitrogens with one attached hydrogen (secondary N) is 2. The van der Waals surface area contributed by atoms with E-state index in [9.17, 15) is 14.0 Å². The van der Waals surface area contributed by atoms with Crippen LogP contribution in [-0.4, -0.2) is 26.3 Å². The summed E-state index contributed by atoms with van der Waals surface area (Å²) in [4.78, 5) is 33.7. The molecule has 0 atom stereocenters. The molecule has 0 radical (unpaired) electrons. The van der Waals surface area contributed by atoms with Gasteiger partial charge in [-0.05, 0) is 36.1 Å². The van der Waals surface area contributed by atoms with Crippen LogP contribution in [-0.2, 0) is 29.0 Å². The van der Waals surface area contributed by atoms with Gasteiger partial charge in [0, 0.05) is 29.2 Å². The molecule has 0 bridgehead atoms. The van der Waals surface area contributed by atoms with Gasteiger partial charge in [0.1, 0.15) is 11.6 Å². The Labute approximate surface area is 192 Å². The third kappa shape index (κ3) is 5.45. The molecule has 0 aliphatic heterocycles. The van der Waals surface area contributed by atoms with E-state index >= 15 is 0 Å². The maximum Gasteiger partial charge on any atom is 0.231 e. The number of hydrogen-bond acceptors (Lipinski definition) is 6. The third-order valence-electron chi connectivity index (χ3n) is 4.64. The minimum atomic E-state index is -0.389. The Morgan fingerprint density at radius 2 is 2.03 bits per heavy atom. The summed E-state index contributed by atoms with van der Waals surface area (Å²) in [6.45, 7) is 2.00. The van der Waals surface area contributed by atoms with Crippen molar-refractivity contribution in [1.82, 2.24) is 19.9 Å². The number of thiazole rings is 1. The van der Waals surface area contributed by atoms with E-state index in [1.165, 1.54) is 28.7 Å². The summed E-state index contributed by atoms with van der Waals surface area (Å²) < 4.78 is 16.2. The predicted octanol–water partition coefficient (Wildman–Crippen LogP) is 3.88. The Hall–Kier alpha value is -3.37. The van der Waals surface area contributed by atoms with Crippen LogP contribution in [0.5, 0.6) is 0 Å². The van der Waals surface area contributed by atoms with Gasteiger partial charge < -0.3 is 15.2 Å². The number of amides is 2. The molecule has 4 rings (SSSR count). The van der Waals surface area contributed by atoms with Gasteiger partial charge in [-0.25, -0.2) is 14.4 Å². The molecule has 32 heavy (non-hydrogen) atoms. The molecular formula is C22H20FN5O2S2. The van der Waals surface area contributed by atoms with Crippen LogP contribution in [0.15, 0.2) is 53.5 Å². The van der Waals surface area contributed by atoms with Crippen molar-refractivity contribution >= 4 is 39.6 Å². The second kappa shape index (κ2) is 9.84. The molecule has 0 saturated heterocycles. The van der Waals surface area contributed by atoms with Gasteiger partial charge in [0.25, 0.3) is 0 Å². The lowest BCUT2D eigenvalue weighted by Gasteiger charge is -2.09. The minimum absolute atomic E-state index is 0.0755. The number of aromatic nitrogens is 3. The zero-order chi connectivity index (χ0) is 22.5. The number of nitrogens with zero attached hydrogens (tertiary/aromatic N) is 3. The monoisotopic (exact) mass is 469 g/mol. The summed E-state index contributed by atoms with van der Waals surface area (Å²) in [5.74, 6) is -0.0774. The van der Waals surface area contributed by atoms with Crippen molar-refractivity contribution in [3.63, 3.8) is 0 Å². The van der Waals surface area contributed by atoms with Crippen LogP contribution >= 0.6 is 22.7 Å². The van der Waals surface area contributed by atoms with Crippen LogP contribution in [0, 0.1) is 12.7 Å². The Kier molecular flexibility index (Phi) is 6.72. The molecule has 164 valence electrons. The molecule has 7 nitrogen and oxygen atoms in total. The molecule has 0 saturated carbocycles. The van der Waals surface area contributed by atoms with Crippen LogP contribution in [0.25, 0.3) is 5.69 Å². The van der Waals surface area contributed by atoms with Gasteiger partial charge in [0.05, 0.1) is 24.2 Å². The first-order valence-electron chi connectivity index (χ1n) is 9.80.